The van der Waals surface area contributed by atoms with E-state index in [9.17, 15) is 4.79 Å². The fourth-order valence-electron chi connectivity index (χ4n) is 0.850. The molecule has 0 aliphatic carbocycles. The molecule has 6 heteroatoms. The van der Waals surface area contributed by atoms with Crippen LogP contribution in [0.4, 0.5) is 0 Å². The van der Waals surface area contributed by atoms with E-state index in [0.717, 1.165) is 0 Å². The van der Waals surface area contributed by atoms with E-state index in [0.29, 0.717) is 5.82 Å². The molecule has 2 rings (SSSR count). The molecule has 0 unspecified atom stereocenters. The molecule has 66 valence electrons. The van der Waals surface area contributed by atoms with Gasteiger partial charge in [0.15, 0.2) is 5.82 Å². The minimum Gasteiger partial charge on any atom is -0.342 e. The molecule has 0 amide bonds. The zero-order chi connectivity index (χ0) is 9.26. The van der Waals surface area contributed by atoms with E-state index >= 15 is 0 Å². The fraction of sp³-hybridized carbons (Fsp3) is 0.143. The van der Waals surface area contributed by atoms with Gasteiger partial charge in [0.05, 0.1) is 0 Å². The highest BCUT2D eigenvalue weighted by Gasteiger charge is 2.12. The summed E-state index contributed by atoms with van der Waals surface area (Å²) in [5.74, 6) is 0.503. The molecule has 0 spiro atoms. The lowest BCUT2D eigenvalue weighted by atomic mass is 10.4. The molecule has 0 aliphatic heterocycles. The van der Waals surface area contributed by atoms with Crippen molar-refractivity contribution in [1.82, 2.24) is 20.1 Å². The van der Waals surface area contributed by atoms with Crippen molar-refractivity contribution in [3.8, 4) is 11.6 Å². The van der Waals surface area contributed by atoms with Crippen LogP contribution in [0.15, 0.2) is 16.9 Å². The van der Waals surface area contributed by atoms with Gasteiger partial charge in [0.1, 0.15) is 0 Å². The Morgan fingerprint density at radius 1 is 1.62 bits per heavy atom. The number of hydrogen-bond donors (Lipinski definition) is 1. The Balaban J connectivity index is 2.39. The average Bonchev–Trinajstić information content (AvgIpc) is 2.75. The number of imidazole rings is 1. The first-order valence-electron chi connectivity index (χ1n) is 3.62. The molecule has 0 aliphatic rings. The zero-order valence-corrected chi connectivity index (χ0v) is 6.81. The molecule has 0 radical (unpaired) electrons. The molecule has 2 heterocycles. The molecule has 0 saturated heterocycles. The first-order chi connectivity index (χ1) is 6.27. The van der Waals surface area contributed by atoms with Crippen LogP contribution in [0.5, 0.6) is 0 Å². The number of carbonyl (C=O) groups excluding carboxylic acids is 1. The summed E-state index contributed by atoms with van der Waals surface area (Å²) in [6.07, 6.45) is 3.21. The van der Waals surface area contributed by atoms with Gasteiger partial charge in [0.25, 0.3) is 5.89 Å². The molecule has 1 N–H and O–H groups in total. The SMILES string of the molecule is CC(=O)c1nc(-c2ncc[nH]2)no1. The third-order valence-corrected chi connectivity index (χ3v) is 1.44. The monoisotopic (exact) mass is 178 g/mol. The highest BCUT2D eigenvalue weighted by Crippen LogP contribution is 2.09. The molecular weight excluding hydrogens is 172 g/mol. The van der Waals surface area contributed by atoms with E-state index in [1.54, 1.807) is 12.4 Å². The molecule has 0 atom stereocenters. The van der Waals surface area contributed by atoms with Gasteiger partial charge in [-0.15, -0.1) is 0 Å². The van der Waals surface area contributed by atoms with Crippen molar-refractivity contribution < 1.29 is 9.32 Å². The second-order valence-corrected chi connectivity index (χ2v) is 2.42. The maximum Gasteiger partial charge on any atom is 0.294 e. The van der Waals surface area contributed by atoms with Gasteiger partial charge in [0.2, 0.25) is 11.6 Å². The molecule has 0 saturated carbocycles. The largest absolute Gasteiger partial charge is 0.342 e. The second-order valence-electron chi connectivity index (χ2n) is 2.42. The van der Waals surface area contributed by atoms with Crippen molar-refractivity contribution in [2.75, 3.05) is 0 Å². The predicted molar refractivity (Wildman–Crippen MR) is 41.9 cm³/mol. The highest BCUT2D eigenvalue weighted by atomic mass is 16.5. The van der Waals surface area contributed by atoms with Gasteiger partial charge < -0.3 is 9.51 Å². The number of aromatic nitrogens is 4. The standard InChI is InChI=1S/C7H6N4O2/c1-4(12)7-10-6(11-13-7)5-8-2-3-9-5/h2-3H,1H3,(H,8,9). The van der Waals surface area contributed by atoms with Gasteiger partial charge in [-0.3, -0.25) is 4.79 Å². The number of Topliss-reactive ketones (excluding diaryl/α,β-unsaturated/α-hetero) is 1. The molecule has 6 nitrogen and oxygen atoms in total. The first-order valence-corrected chi connectivity index (χ1v) is 3.62. The van der Waals surface area contributed by atoms with Crippen LogP contribution < -0.4 is 0 Å². The van der Waals surface area contributed by atoms with Gasteiger partial charge in [-0.05, 0) is 0 Å². The average molecular weight is 178 g/mol. The molecule has 2 aromatic rings. The number of nitrogens with zero attached hydrogens (tertiary/aromatic N) is 3. The van der Waals surface area contributed by atoms with E-state index in [1.165, 1.54) is 6.92 Å². The van der Waals surface area contributed by atoms with E-state index in [1.807, 2.05) is 0 Å². The van der Waals surface area contributed by atoms with Crippen molar-refractivity contribution in [3.05, 3.63) is 18.3 Å². The van der Waals surface area contributed by atoms with E-state index in [2.05, 4.69) is 24.6 Å². The Morgan fingerprint density at radius 3 is 3.00 bits per heavy atom. The van der Waals surface area contributed by atoms with Crippen molar-refractivity contribution in [2.45, 2.75) is 6.92 Å². The Hall–Kier alpha value is -1.98. The highest BCUT2D eigenvalue weighted by molar-refractivity contribution is 5.89. The quantitative estimate of drug-likeness (QED) is 0.683. The molecule has 13 heavy (non-hydrogen) atoms. The van der Waals surface area contributed by atoms with Crippen LogP contribution in [0.25, 0.3) is 11.6 Å². The summed E-state index contributed by atoms with van der Waals surface area (Å²) in [6, 6.07) is 0. The van der Waals surface area contributed by atoms with Crippen LogP contribution in [-0.4, -0.2) is 25.9 Å². The Morgan fingerprint density at radius 2 is 2.46 bits per heavy atom. The van der Waals surface area contributed by atoms with Crippen LogP contribution in [0.2, 0.25) is 0 Å². The number of nitrogens with one attached hydrogen (secondary N) is 1. The van der Waals surface area contributed by atoms with Gasteiger partial charge in [-0.1, -0.05) is 5.16 Å². The minimum atomic E-state index is -0.259. The lowest BCUT2D eigenvalue weighted by Gasteiger charge is -1.81. The summed E-state index contributed by atoms with van der Waals surface area (Å²) in [6.45, 7) is 1.36. The lowest BCUT2D eigenvalue weighted by molar-refractivity contribution is 0.0972. The number of carbonyl (C=O) groups is 1. The van der Waals surface area contributed by atoms with Crippen molar-refractivity contribution in [2.24, 2.45) is 0 Å². The minimum absolute atomic E-state index is 0.00796. The molecule has 0 bridgehead atoms. The van der Waals surface area contributed by atoms with Crippen LogP contribution >= 0.6 is 0 Å². The van der Waals surface area contributed by atoms with Crippen LogP contribution in [0, 0.1) is 0 Å². The molecule has 0 fully saturated rings. The summed E-state index contributed by atoms with van der Waals surface area (Å²) in [7, 11) is 0. The molecular formula is C7H6N4O2. The van der Waals surface area contributed by atoms with Crippen LogP contribution in [-0.2, 0) is 0 Å². The summed E-state index contributed by atoms with van der Waals surface area (Å²) in [4.78, 5) is 21.3. The molecule has 2 aromatic heterocycles. The van der Waals surface area contributed by atoms with E-state index < -0.39 is 0 Å². The summed E-state index contributed by atoms with van der Waals surface area (Å²) >= 11 is 0. The summed E-state index contributed by atoms with van der Waals surface area (Å²) in [5, 5.41) is 3.58. The van der Waals surface area contributed by atoms with E-state index in [4.69, 9.17) is 0 Å². The Labute approximate surface area is 73.0 Å². The van der Waals surface area contributed by atoms with Crippen molar-refractivity contribution in [3.63, 3.8) is 0 Å². The number of H-pyrrole nitrogens is 1. The second kappa shape index (κ2) is 2.81. The first kappa shape index (κ1) is 7.66. The fourth-order valence-corrected chi connectivity index (χ4v) is 0.850. The van der Waals surface area contributed by atoms with Crippen LogP contribution in [0.1, 0.15) is 17.6 Å². The molecule has 0 aromatic carbocycles. The lowest BCUT2D eigenvalue weighted by Crippen LogP contribution is -1.91. The van der Waals surface area contributed by atoms with Crippen molar-refractivity contribution >= 4 is 5.78 Å². The summed E-state index contributed by atoms with van der Waals surface area (Å²) < 4.78 is 4.68. The third-order valence-electron chi connectivity index (χ3n) is 1.44. The number of rotatable bonds is 2. The Kier molecular flexibility index (Phi) is 1.66. The van der Waals surface area contributed by atoms with Gasteiger partial charge in [-0.2, -0.15) is 4.98 Å². The normalized spacial score (nSPS) is 10.2. The van der Waals surface area contributed by atoms with Crippen LogP contribution in [0.3, 0.4) is 0 Å². The van der Waals surface area contributed by atoms with Crippen molar-refractivity contribution in [1.29, 1.82) is 0 Å². The number of hydrogen-bond acceptors (Lipinski definition) is 5. The topological polar surface area (TPSA) is 84.7 Å². The summed E-state index contributed by atoms with van der Waals surface area (Å²) in [5.41, 5.74) is 0. The predicted octanol–water partition coefficient (Wildman–Crippen LogP) is 0.662. The third kappa shape index (κ3) is 1.33. The number of ketones is 1. The maximum atomic E-state index is 10.8. The Bertz CT molecular complexity index is 417. The van der Waals surface area contributed by atoms with Gasteiger partial charge >= 0.3 is 0 Å². The van der Waals surface area contributed by atoms with Gasteiger partial charge in [-0.25, -0.2) is 4.98 Å². The number of aromatic amines is 1. The smallest absolute Gasteiger partial charge is 0.294 e. The van der Waals surface area contributed by atoms with Gasteiger partial charge in [0, 0.05) is 19.3 Å². The van der Waals surface area contributed by atoms with E-state index in [-0.39, 0.29) is 17.5 Å². The zero-order valence-electron chi connectivity index (χ0n) is 6.81. The maximum absolute atomic E-state index is 10.8.